The van der Waals surface area contributed by atoms with Crippen LogP contribution >= 0.6 is 0 Å². The second-order valence-corrected chi connectivity index (χ2v) is 5.09. The van der Waals surface area contributed by atoms with Gasteiger partial charge in [0.05, 0.1) is 23.2 Å². The van der Waals surface area contributed by atoms with E-state index in [1.807, 2.05) is 13.8 Å². The molecule has 1 saturated heterocycles. The lowest BCUT2D eigenvalue weighted by Crippen LogP contribution is -2.42. The van der Waals surface area contributed by atoms with Gasteiger partial charge in [-0.15, -0.1) is 0 Å². The lowest BCUT2D eigenvalue weighted by atomic mass is 9.81. The second-order valence-electron chi connectivity index (χ2n) is 5.09. The van der Waals surface area contributed by atoms with Crippen LogP contribution in [0.15, 0.2) is 0 Å². The Hall–Kier alpha value is -0.550. The smallest absolute Gasteiger partial charge is 0.0779 e. The van der Waals surface area contributed by atoms with Crippen molar-refractivity contribution in [3.63, 3.8) is 0 Å². The predicted molar refractivity (Wildman–Crippen MR) is 52.2 cm³/mol. The molecule has 0 aliphatic carbocycles. The van der Waals surface area contributed by atoms with Crippen molar-refractivity contribution in [3.8, 4) is 6.07 Å². The summed E-state index contributed by atoms with van der Waals surface area (Å²) in [6.07, 6.45) is 3.39. The summed E-state index contributed by atoms with van der Waals surface area (Å²) in [5.74, 6) is 0. The van der Waals surface area contributed by atoms with Crippen molar-refractivity contribution in [2.24, 2.45) is 5.41 Å². The van der Waals surface area contributed by atoms with Crippen LogP contribution in [-0.4, -0.2) is 11.7 Å². The van der Waals surface area contributed by atoms with E-state index in [9.17, 15) is 0 Å². The third kappa shape index (κ3) is 2.45. The van der Waals surface area contributed by atoms with Crippen LogP contribution in [0, 0.1) is 16.7 Å². The molecular weight excluding hydrogens is 162 g/mol. The van der Waals surface area contributed by atoms with E-state index >= 15 is 0 Å². The Morgan fingerprint density at radius 3 is 2.54 bits per heavy atom. The molecule has 74 valence electrons. The first kappa shape index (κ1) is 10.5. The Morgan fingerprint density at radius 2 is 2.08 bits per heavy atom. The van der Waals surface area contributed by atoms with Crippen molar-refractivity contribution >= 4 is 0 Å². The van der Waals surface area contributed by atoms with Gasteiger partial charge >= 0.3 is 0 Å². The summed E-state index contributed by atoms with van der Waals surface area (Å²) in [6, 6.07) is 2.32. The van der Waals surface area contributed by atoms with E-state index in [0.717, 1.165) is 12.8 Å². The molecule has 1 fully saturated rings. The first-order chi connectivity index (χ1) is 5.87. The normalized spacial score (nSPS) is 28.1. The van der Waals surface area contributed by atoms with Crippen molar-refractivity contribution in [1.82, 2.24) is 0 Å². The zero-order chi connectivity index (χ0) is 10.1. The van der Waals surface area contributed by atoms with E-state index in [2.05, 4.69) is 19.9 Å². The zero-order valence-corrected chi connectivity index (χ0v) is 9.05. The van der Waals surface area contributed by atoms with Gasteiger partial charge in [-0.3, -0.25) is 0 Å². The van der Waals surface area contributed by atoms with E-state index in [1.54, 1.807) is 0 Å². The maximum atomic E-state index is 8.99. The summed E-state index contributed by atoms with van der Waals surface area (Å²) in [5.41, 5.74) is -0.394. The molecule has 1 heterocycles. The van der Waals surface area contributed by atoms with E-state index in [-0.39, 0.29) is 17.1 Å². The summed E-state index contributed by atoms with van der Waals surface area (Å²) in [7, 11) is 0. The highest BCUT2D eigenvalue weighted by molar-refractivity contribution is 5.00. The summed E-state index contributed by atoms with van der Waals surface area (Å²) in [5, 5.41) is 8.99. The van der Waals surface area contributed by atoms with Crippen molar-refractivity contribution < 1.29 is 4.74 Å². The molecule has 1 rings (SSSR count). The largest absolute Gasteiger partial charge is 0.371 e. The first-order valence-corrected chi connectivity index (χ1v) is 4.96. The number of ether oxygens (including phenoxy) is 1. The molecule has 1 aliphatic rings. The topological polar surface area (TPSA) is 33.0 Å². The fraction of sp³-hybridized carbons (Fsp3) is 0.909. The molecule has 0 spiro atoms. The van der Waals surface area contributed by atoms with Gasteiger partial charge in [0.25, 0.3) is 0 Å². The third-order valence-electron chi connectivity index (χ3n) is 2.80. The molecule has 1 atom stereocenters. The lowest BCUT2D eigenvalue weighted by molar-refractivity contribution is -0.137. The maximum absolute atomic E-state index is 8.99. The van der Waals surface area contributed by atoms with Crippen LogP contribution in [0.25, 0.3) is 0 Å². The molecule has 0 N–H and O–H groups in total. The van der Waals surface area contributed by atoms with Crippen LogP contribution in [0.4, 0.5) is 0 Å². The Morgan fingerprint density at radius 1 is 1.46 bits per heavy atom. The van der Waals surface area contributed by atoms with Crippen molar-refractivity contribution in [1.29, 1.82) is 5.26 Å². The SMILES string of the molecule is CC1(C)CCC[C@@H](C(C)(C)C#N)O1. The minimum atomic E-state index is -0.350. The fourth-order valence-electron chi connectivity index (χ4n) is 1.80. The van der Waals surface area contributed by atoms with Gasteiger partial charge < -0.3 is 4.74 Å². The number of hydrogen-bond donors (Lipinski definition) is 0. The third-order valence-corrected chi connectivity index (χ3v) is 2.80. The maximum Gasteiger partial charge on any atom is 0.0779 e. The summed E-state index contributed by atoms with van der Waals surface area (Å²) >= 11 is 0. The standard InChI is InChI=1S/C11H19NO/c1-10(2,8-12)9-6-5-7-11(3,4)13-9/h9H,5-7H2,1-4H3/t9-/m0/s1. The molecular formula is C11H19NO. The molecule has 0 aromatic rings. The average Bonchev–Trinajstić information content (AvgIpc) is 2.03. The van der Waals surface area contributed by atoms with Crippen LogP contribution in [0.3, 0.4) is 0 Å². The van der Waals surface area contributed by atoms with Gasteiger partial charge in [0.1, 0.15) is 0 Å². The highest BCUT2D eigenvalue weighted by Crippen LogP contribution is 2.36. The Bertz CT molecular complexity index is 225. The van der Waals surface area contributed by atoms with E-state index in [1.165, 1.54) is 6.42 Å². The molecule has 0 unspecified atom stereocenters. The monoisotopic (exact) mass is 181 g/mol. The Balaban J connectivity index is 2.68. The second kappa shape index (κ2) is 3.31. The van der Waals surface area contributed by atoms with Crippen molar-refractivity contribution in [3.05, 3.63) is 0 Å². The van der Waals surface area contributed by atoms with Crippen molar-refractivity contribution in [2.45, 2.75) is 58.7 Å². The molecule has 13 heavy (non-hydrogen) atoms. The van der Waals surface area contributed by atoms with Gasteiger partial charge in [-0.25, -0.2) is 0 Å². The Labute approximate surface area is 80.9 Å². The number of hydrogen-bond acceptors (Lipinski definition) is 2. The number of nitrogens with zero attached hydrogens (tertiary/aromatic N) is 1. The van der Waals surface area contributed by atoms with Crippen LogP contribution in [0.1, 0.15) is 47.0 Å². The highest BCUT2D eigenvalue weighted by atomic mass is 16.5. The minimum absolute atomic E-state index is 0.0446. The quantitative estimate of drug-likeness (QED) is 0.623. The molecule has 0 amide bonds. The van der Waals surface area contributed by atoms with Crippen LogP contribution in [0.5, 0.6) is 0 Å². The predicted octanol–water partition coefficient (Wildman–Crippen LogP) is 2.88. The van der Waals surface area contributed by atoms with Gasteiger partial charge in [0.2, 0.25) is 0 Å². The van der Waals surface area contributed by atoms with E-state index in [4.69, 9.17) is 10.00 Å². The summed E-state index contributed by atoms with van der Waals surface area (Å²) in [6.45, 7) is 8.12. The lowest BCUT2D eigenvalue weighted by Gasteiger charge is -2.40. The van der Waals surface area contributed by atoms with Crippen LogP contribution < -0.4 is 0 Å². The van der Waals surface area contributed by atoms with E-state index in [0.29, 0.717) is 0 Å². The van der Waals surface area contributed by atoms with Crippen LogP contribution in [0.2, 0.25) is 0 Å². The Kier molecular flexibility index (Phi) is 2.68. The van der Waals surface area contributed by atoms with Gasteiger partial charge in [-0.2, -0.15) is 5.26 Å². The molecule has 0 aromatic heterocycles. The van der Waals surface area contributed by atoms with E-state index < -0.39 is 0 Å². The van der Waals surface area contributed by atoms with Gasteiger partial charge in [0.15, 0.2) is 0 Å². The highest BCUT2D eigenvalue weighted by Gasteiger charge is 2.37. The molecule has 2 nitrogen and oxygen atoms in total. The summed E-state index contributed by atoms with van der Waals surface area (Å²) < 4.78 is 5.91. The zero-order valence-electron chi connectivity index (χ0n) is 9.05. The average molecular weight is 181 g/mol. The van der Waals surface area contributed by atoms with Gasteiger partial charge in [0, 0.05) is 0 Å². The first-order valence-electron chi connectivity index (χ1n) is 4.96. The molecule has 0 saturated carbocycles. The van der Waals surface area contributed by atoms with Crippen LogP contribution in [-0.2, 0) is 4.74 Å². The van der Waals surface area contributed by atoms with Crippen molar-refractivity contribution in [2.75, 3.05) is 0 Å². The molecule has 0 radical (unpaired) electrons. The fourth-order valence-corrected chi connectivity index (χ4v) is 1.80. The molecule has 0 bridgehead atoms. The number of rotatable bonds is 1. The van der Waals surface area contributed by atoms with Gasteiger partial charge in [-0.05, 0) is 47.0 Å². The molecule has 2 heteroatoms. The molecule has 0 aromatic carbocycles. The molecule has 1 aliphatic heterocycles. The van der Waals surface area contributed by atoms with Gasteiger partial charge in [-0.1, -0.05) is 0 Å². The minimum Gasteiger partial charge on any atom is -0.371 e. The number of nitriles is 1. The summed E-state index contributed by atoms with van der Waals surface area (Å²) in [4.78, 5) is 0.